The third kappa shape index (κ3) is 2.26. The molecule has 0 bridgehead atoms. The van der Waals surface area contributed by atoms with Crippen molar-refractivity contribution in [3.8, 4) is 11.4 Å². The van der Waals surface area contributed by atoms with Crippen LogP contribution >= 0.6 is 11.3 Å². The van der Waals surface area contributed by atoms with Gasteiger partial charge in [-0.05, 0) is 46.7 Å². The number of hydrogen-bond acceptors (Lipinski definition) is 4. The summed E-state index contributed by atoms with van der Waals surface area (Å²) in [6.45, 7) is 0.755. The van der Waals surface area contributed by atoms with Gasteiger partial charge < -0.3 is 5.73 Å². The second-order valence-corrected chi connectivity index (χ2v) is 4.80. The van der Waals surface area contributed by atoms with Crippen LogP contribution in [-0.2, 0) is 6.54 Å². The van der Waals surface area contributed by atoms with Crippen LogP contribution in [0.3, 0.4) is 0 Å². The molecule has 0 amide bonds. The molecule has 0 saturated heterocycles. The molecule has 0 radical (unpaired) electrons. The van der Waals surface area contributed by atoms with E-state index < -0.39 is 0 Å². The van der Waals surface area contributed by atoms with Gasteiger partial charge in [0.25, 0.3) is 0 Å². The van der Waals surface area contributed by atoms with Gasteiger partial charge in [-0.1, -0.05) is 0 Å². The Hall–Kier alpha value is -2.14. The fourth-order valence-electron chi connectivity index (χ4n) is 1.70. The van der Waals surface area contributed by atoms with Crippen molar-refractivity contribution in [2.24, 2.45) is 0 Å². The third-order valence-electron chi connectivity index (χ3n) is 2.63. The molecule has 4 nitrogen and oxygen atoms in total. The minimum Gasteiger partial charge on any atom is -0.399 e. The van der Waals surface area contributed by atoms with Crippen LogP contribution in [0, 0.1) is 0 Å². The van der Waals surface area contributed by atoms with Crippen molar-refractivity contribution < 1.29 is 0 Å². The molecule has 5 heteroatoms. The topological polar surface area (TPSA) is 56.7 Å². The van der Waals surface area contributed by atoms with Crippen molar-refractivity contribution in [1.82, 2.24) is 14.8 Å². The lowest BCUT2D eigenvalue weighted by atomic mass is 10.2. The molecule has 90 valence electrons. The first-order valence-corrected chi connectivity index (χ1v) is 6.52. The van der Waals surface area contributed by atoms with Gasteiger partial charge in [0.1, 0.15) is 6.33 Å². The van der Waals surface area contributed by atoms with E-state index in [0.29, 0.717) is 0 Å². The van der Waals surface area contributed by atoms with E-state index in [1.54, 1.807) is 17.7 Å². The third-order valence-corrected chi connectivity index (χ3v) is 3.36. The molecule has 2 heterocycles. The number of rotatable bonds is 3. The lowest BCUT2D eigenvalue weighted by Gasteiger charge is -1.98. The highest BCUT2D eigenvalue weighted by atomic mass is 32.1. The van der Waals surface area contributed by atoms with Crippen LogP contribution in [0.4, 0.5) is 5.69 Å². The highest BCUT2D eigenvalue weighted by molar-refractivity contribution is 7.07. The predicted molar refractivity (Wildman–Crippen MR) is 73.3 cm³/mol. The van der Waals surface area contributed by atoms with E-state index in [9.17, 15) is 0 Å². The van der Waals surface area contributed by atoms with E-state index in [0.717, 1.165) is 23.6 Å². The number of anilines is 1. The first kappa shape index (κ1) is 11.0. The predicted octanol–water partition coefficient (Wildman–Crippen LogP) is 2.64. The molecule has 18 heavy (non-hydrogen) atoms. The zero-order chi connectivity index (χ0) is 12.4. The summed E-state index contributed by atoms with van der Waals surface area (Å²) in [7, 11) is 0. The Morgan fingerprint density at radius 2 is 2.00 bits per heavy atom. The lowest BCUT2D eigenvalue weighted by Crippen LogP contribution is -1.98. The fraction of sp³-hybridized carbons (Fsp3) is 0.0769. The number of nitrogens with zero attached hydrogens (tertiary/aromatic N) is 3. The van der Waals surface area contributed by atoms with Crippen molar-refractivity contribution in [1.29, 1.82) is 0 Å². The Bertz CT molecular complexity index is 625. The average molecular weight is 256 g/mol. The Morgan fingerprint density at radius 3 is 2.72 bits per heavy atom. The van der Waals surface area contributed by atoms with E-state index in [2.05, 4.69) is 26.9 Å². The van der Waals surface area contributed by atoms with Crippen LogP contribution in [0.1, 0.15) is 5.56 Å². The largest absolute Gasteiger partial charge is 0.399 e. The SMILES string of the molecule is Nc1ccc(-c2ncn(Cc3ccsc3)n2)cc1. The van der Waals surface area contributed by atoms with Gasteiger partial charge in [-0.25, -0.2) is 9.67 Å². The summed E-state index contributed by atoms with van der Waals surface area (Å²) in [5.74, 6) is 0.727. The number of hydrogen-bond donors (Lipinski definition) is 1. The lowest BCUT2D eigenvalue weighted by molar-refractivity contribution is 0.688. The van der Waals surface area contributed by atoms with Gasteiger partial charge in [0, 0.05) is 11.3 Å². The standard InChI is InChI=1S/C13H12N4S/c14-12-3-1-11(2-4-12)13-15-9-17(16-13)7-10-5-6-18-8-10/h1-6,8-9H,7,14H2. The molecule has 0 unspecified atom stereocenters. The number of aromatic nitrogens is 3. The van der Waals surface area contributed by atoms with Crippen LogP contribution in [-0.4, -0.2) is 14.8 Å². The highest BCUT2D eigenvalue weighted by Gasteiger charge is 2.04. The number of nitrogen functional groups attached to an aromatic ring is 1. The van der Waals surface area contributed by atoms with E-state index in [-0.39, 0.29) is 0 Å². The van der Waals surface area contributed by atoms with Crippen LogP contribution in [0.15, 0.2) is 47.4 Å². The van der Waals surface area contributed by atoms with Crippen LogP contribution in [0.2, 0.25) is 0 Å². The van der Waals surface area contributed by atoms with E-state index >= 15 is 0 Å². The van der Waals surface area contributed by atoms with Crippen molar-refractivity contribution in [3.63, 3.8) is 0 Å². The molecule has 2 aromatic heterocycles. The van der Waals surface area contributed by atoms with Gasteiger partial charge in [-0.15, -0.1) is 0 Å². The van der Waals surface area contributed by atoms with E-state index in [1.165, 1.54) is 5.56 Å². The second kappa shape index (κ2) is 4.62. The maximum absolute atomic E-state index is 5.66. The molecule has 0 aliphatic carbocycles. The quantitative estimate of drug-likeness (QED) is 0.733. The van der Waals surface area contributed by atoms with Gasteiger partial charge in [0.15, 0.2) is 5.82 Å². The summed E-state index contributed by atoms with van der Waals surface area (Å²) in [5.41, 5.74) is 8.63. The molecule has 3 rings (SSSR count). The van der Waals surface area contributed by atoms with Gasteiger partial charge >= 0.3 is 0 Å². The van der Waals surface area contributed by atoms with Crippen LogP contribution in [0.5, 0.6) is 0 Å². The van der Waals surface area contributed by atoms with Crippen LogP contribution in [0.25, 0.3) is 11.4 Å². The number of thiophene rings is 1. The van der Waals surface area contributed by atoms with Gasteiger partial charge in [0.2, 0.25) is 0 Å². The molecule has 0 atom stereocenters. The summed E-state index contributed by atoms with van der Waals surface area (Å²) in [6, 6.07) is 9.66. The van der Waals surface area contributed by atoms with Gasteiger partial charge in [-0.2, -0.15) is 16.4 Å². The smallest absolute Gasteiger partial charge is 0.181 e. The van der Waals surface area contributed by atoms with Crippen molar-refractivity contribution in [2.75, 3.05) is 5.73 Å². The zero-order valence-electron chi connectivity index (χ0n) is 9.65. The average Bonchev–Trinajstić information content (AvgIpc) is 3.02. The molecule has 0 saturated carbocycles. The Kier molecular flexibility index (Phi) is 2.82. The molecule has 0 spiro atoms. The van der Waals surface area contributed by atoms with Gasteiger partial charge in [0.05, 0.1) is 6.54 Å². The summed E-state index contributed by atoms with van der Waals surface area (Å²) >= 11 is 1.69. The molecule has 0 aliphatic heterocycles. The molecule has 0 aliphatic rings. The summed E-state index contributed by atoms with van der Waals surface area (Å²) < 4.78 is 1.84. The van der Waals surface area contributed by atoms with Crippen LogP contribution < -0.4 is 5.73 Å². The number of nitrogens with two attached hydrogens (primary N) is 1. The van der Waals surface area contributed by atoms with E-state index in [4.69, 9.17) is 5.73 Å². The first-order valence-electron chi connectivity index (χ1n) is 5.58. The Labute approximate surface area is 109 Å². The van der Waals surface area contributed by atoms with Crippen molar-refractivity contribution >= 4 is 17.0 Å². The van der Waals surface area contributed by atoms with Crippen molar-refractivity contribution in [3.05, 3.63) is 53.0 Å². The first-order chi connectivity index (χ1) is 8.81. The Morgan fingerprint density at radius 1 is 1.17 bits per heavy atom. The summed E-state index contributed by atoms with van der Waals surface area (Å²) in [6.07, 6.45) is 1.75. The molecular formula is C13H12N4S. The highest BCUT2D eigenvalue weighted by Crippen LogP contribution is 2.16. The normalized spacial score (nSPS) is 10.7. The monoisotopic (exact) mass is 256 g/mol. The molecule has 1 aromatic carbocycles. The molecular weight excluding hydrogens is 244 g/mol. The molecule has 2 N–H and O–H groups in total. The fourth-order valence-corrected chi connectivity index (χ4v) is 2.36. The summed E-state index contributed by atoms with van der Waals surface area (Å²) in [4.78, 5) is 4.31. The molecule has 0 fully saturated rings. The second-order valence-electron chi connectivity index (χ2n) is 4.02. The number of benzene rings is 1. The Balaban J connectivity index is 1.83. The summed E-state index contributed by atoms with van der Waals surface area (Å²) in [5, 5.41) is 8.63. The maximum Gasteiger partial charge on any atom is 0.181 e. The zero-order valence-corrected chi connectivity index (χ0v) is 10.5. The van der Waals surface area contributed by atoms with E-state index in [1.807, 2.05) is 28.9 Å². The van der Waals surface area contributed by atoms with Gasteiger partial charge in [-0.3, -0.25) is 0 Å². The maximum atomic E-state index is 5.66. The molecule has 3 aromatic rings. The minimum atomic E-state index is 0.727. The minimum absolute atomic E-state index is 0.727. The van der Waals surface area contributed by atoms with Crippen molar-refractivity contribution in [2.45, 2.75) is 6.54 Å².